The van der Waals surface area contributed by atoms with Crippen LogP contribution in [-0.2, 0) is 14.3 Å². The number of halogens is 2. The number of nitro benzene ring substituents is 1. The highest BCUT2D eigenvalue weighted by Gasteiger charge is 2.35. The van der Waals surface area contributed by atoms with Crippen molar-refractivity contribution in [3.05, 3.63) is 56.2 Å². The van der Waals surface area contributed by atoms with E-state index in [-0.39, 0.29) is 27.1 Å². The fourth-order valence-corrected chi connectivity index (χ4v) is 2.29. The second kappa shape index (κ2) is 6.17. The number of nitro groups is 1. The molecular formula is C13H8Cl2N2O5. The highest BCUT2D eigenvalue weighted by molar-refractivity contribution is 6.57. The van der Waals surface area contributed by atoms with Crippen molar-refractivity contribution in [2.75, 3.05) is 12.0 Å². The summed E-state index contributed by atoms with van der Waals surface area (Å²) in [5, 5.41) is 10.7. The lowest BCUT2D eigenvalue weighted by atomic mass is 10.2. The van der Waals surface area contributed by atoms with Gasteiger partial charge >= 0.3 is 5.97 Å². The van der Waals surface area contributed by atoms with Gasteiger partial charge in [-0.25, -0.2) is 4.79 Å². The normalized spacial score (nSPS) is 14.0. The average Bonchev–Trinajstić information content (AvgIpc) is 2.84. The van der Waals surface area contributed by atoms with E-state index in [0.717, 1.165) is 18.1 Å². The molecule has 0 N–H and O–H groups in total. The first kappa shape index (κ1) is 16.0. The summed E-state index contributed by atoms with van der Waals surface area (Å²) in [5.74, 6) is -1.34. The molecule has 0 aliphatic carbocycles. The number of rotatable bonds is 3. The van der Waals surface area contributed by atoms with Crippen molar-refractivity contribution in [1.29, 1.82) is 0 Å². The molecule has 2 rings (SSSR count). The van der Waals surface area contributed by atoms with Crippen molar-refractivity contribution in [3.8, 4) is 0 Å². The molecule has 1 heterocycles. The number of anilines is 1. The Labute approximate surface area is 134 Å². The number of carbonyl (C=O) groups is 2. The molecule has 1 amide bonds. The van der Waals surface area contributed by atoms with Crippen LogP contribution in [-0.4, -0.2) is 23.9 Å². The van der Waals surface area contributed by atoms with Gasteiger partial charge in [-0.15, -0.1) is 0 Å². The molecule has 0 saturated heterocycles. The lowest BCUT2D eigenvalue weighted by molar-refractivity contribution is -0.384. The Bertz CT molecular complexity index is 720. The van der Waals surface area contributed by atoms with E-state index in [1.54, 1.807) is 0 Å². The molecule has 0 radical (unpaired) electrons. The molecule has 7 nitrogen and oxygen atoms in total. The summed E-state index contributed by atoms with van der Waals surface area (Å²) in [7, 11) is 1.15. The summed E-state index contributed by atoms with van der Waals surface area (Å²) in [4.78, 5) is 34.9. The van der Waals surface area contributed by atoms with Gasteiger partial charge in [0.2, 0.25) is 0 Å². The maximum Gasteiger partial charge on any atom is 0.340 e. The van der Waals surface area contributed by atoms with Gasteiger partial charge in [-0.1, -0.05) is 23.2 Å². The number of non-ortho nitro benzene ring substituents is 1. The van der Waals surface area contributed by atoms with Gasteiger partial charge in [0.1, 0.15) is 4.49 Å². The molecule has 9 heteroatoms. The molecular weight excluding hydrogens is 335 g/mol. The first-order valence-corrected chi connectivity index (χ1v) is 6.56. The van der Waals surface area contributed by atoms with E-state index < -0.39 is 16.8 Å². The molecule has 0 atom stereocenters. The average molecular weight is 343 g/mol. The molecule has 0 bridgehead atoms. The van der Waals surface area contributed by atoms with E-state index in [1.165, 1.54) is 24.3 Å². The summed E-state index contributed by atoms with van der Waals surface area (Å²) >= 11 is 11.5. The fraction of sp³-hybridized carbons (Fsp3) is 0.0769. The van der Waals surface area contributed by atoms with Crippen molar-refractivity contribution in [1.82, 2.24) is 0 Å². The van der Waals surface area contributed by atoms with Crippen LogP contribution in [0, 0.1) is 10.1 Å². The third-order valence-electron chi connectivity index (χ3n) is 2.87. The van der Waals surface area contributed by atoms with Gasteiger partial charge in [0, 0.05) is 23.9 Å². The predicted molar refractivity (Wildman–Crippen MR) is 79.4 cm³/mol. The number of nitrogens with zero attached hydrogens (tertiary/aromatic N) is 2. The Morgan fingerprint density at radius 2 is 1.86 bits per heavy atom. The van der Waals surface area contributed by atoms with Crippen LogP contribution < -0.4 is 4.90 Å². The first-order chi connectivity index (χ1) is 10.4. The Hall–Kier alpha value is -2.38. The summed E-state index contributed by atoms with van der Waals surface area (Å²) < 4.78 is 4.27. The van der Waals surface area contributed by atoms with Gasteiger partial charge in [0.15, 0.2) is 0 Å². The third kappa shape index (κ3) is 2.81. The van der Waals surface area contributed by atoms with Crippen LogP contribution in [0.3, 0.4) is 0 Å². The quantitative estimate of drug-likeness (QED) is 0.478. The number of amides is 1. The molecule has 0 saturated carbocycles. The van der Waals surface area contributed by atoms with E-state index in [4.69, 9.17) is 23.2 Å². The van der Waals surface area contributed by atoms with Crippen LogP contribution in [0.2, 0.25) is 0 Å². The third-order valence-corrected chi connectivity index (χ3v) is 3.23. The SMILES string of the molecule is COC(=O)C1=CC(=O)N(c2ccc([N+](=O)[O-])cc2)C1=C(Cl)Cl. The number of methoxy groups -OCH3 is 1. The number of hydrogen-bond donors (Lipinski definition) is 0. The van der Waals surface area contributed by atoms with Gasteiger partial charge < -0.3 is 4.74 Å². The van der Waals surface area contributed by atoms with Crippen LogP contribution in [0.15, 0.2) is 46.1 Å². The summed E-state index contributed by atoms with van der Waals surface area (Å²) in [6.07, 6.45) is 1.04. The minimum absolute atomic E-state index is 0.0333. The highest BCUT2D eigenvalue weighted by atomic mass is 35.5. The molecule has 1 aliphatic heterocycles. The molecule has 0 spiro atoms. The van der Waals surface area contributed by atoms with Crippen molar-refractivity contribution in [2.24, 2.45) is 0 Å². The number of benzene rings is 1. The smallest absolute Gasteiger partial charge is 0.340 e. The van der Waals surface area contributed by atoms with Gasteiger partial charge in [0.25, 0.3) is 11.6 Å². The Balaban J connectivity index is 2.47. The fourth-order valence-electron chi connectivity index (χ4n) is 1.92. The molecule has 0 fully saturated rings. The van der Waals surface area contributed by atoms with E-state index in [9.17, 15) is 19.7 Å². The predicted octanol–water partition coefficient (Wildman–Crippen LogP) is 2.69. The highest BCUT2D eigenvalue weighted by Crippen LogP contribution is 2.35. The molecule has 114 valence electrons. The van der Waals surface area contributed by atoms with E-state index in [0.29, 0.717) is 0 Å². The molecule has 1 aromatic rings. The first-order valence-electron chi connectivity index (χ1n) is 5.81. The van der Waals surface area contributed by atoms with Crippen molar-refractivity contribution in [3.63, 3.8) is 0 Å². The minimum Gasteiger partial charge on any atom is -0.465 e. The number of esters is 1. The Kier molecular flexibility index (Phi) is 4.48. The zero-order valence-corrected chi connectivity index (χ0v) is 12.6. The molecule has 0 unspecified atom stereocenters. The van der Waals surface area contributed by atoms with Gasteiger partial charge in [0.05, 0.1) is 23.3 Å². The van der Waals surface area contributed by atoms with Gasteiger partial charge in [-0.2, -0.15) is 0 Å². The van der Waals surface area contributed by atoms with Crippen LogP contribution in [0.4, 0.5) is 11.4 Å². The van der Waals surface area contributed by atoms with E-state index >= 15 is 0 Å². The Morgan fingerprint density at radius 3 is 2.32 bits per heavy atom. The van der Waals surface area contributed by atoms with E-state index in [2.05, 4.69) is 4.74 Å². The van der Waals surface area contributed by atoms with Crippen LogP contribution in [0.25, 0.3) is 0 Å². The van der Waals surface area contributed by atoms with Crippen LogP contribution >= 0.6 is 23.2 Å². The zero-order chi connectivity index (χ0) is 16.4. The zero-order valence-electron chi connectivity index (χ0n) is 11.1. The van der Waals surface area contributed by atoms with Crippen molar-refractivity contribution in [2.45, 2.75) is 0 Å². The molecule has 1 aliphatic rings. The van der Waals surface area contributed by atoms with E-state index in [1.807, 2.05) is 0 Å². The monoisotopic (exact) mass is 342 g/mol. The molecule has 0 aromatic heterocycles. The Morgan fingerprint density at radius 1 is 1.27 bits per heavy atom. The second-order valence-corrected chi connectivity index (χ2v) is 5.06. The van der Waals surface area contributed by atoms with Crippen molar-refractivity contribution < 1.29 is 19.2 Å². The van der Waals surface area contributed by atoms with Crippen molar-refractivity contribution >= 4 is 46.5 Å². The molecule has 1 aromatic carbocycles. The topological polar surface area (TPSA) is 89.8 Å². The maximum absolute atomic E-state index is 12.1. The van der Waals surface area contributed by atoms with Crippen LogP contribution in [0.1, 0.15) is 0 Å². The standard InChI is InChI=1S/C13H8Cl2N2O5/c1-22-13(19)9-6-10(18)16(11(9)12(14)15)7-2-4-8(5-3-7)17(20)21/h2-6H,1H3. The van der Waals surface area contributed by atoms with Gasteiger partial charge in [-0.05, 0) is 12.1 Å². The maximum atomic E-state index is 12.1. The number of carbonyl (C=O) groups excluding carboxylic acids is 2. The lowest BCUT2D eigenvalue weighted by Crippen LogP contribution is -2.25. The summed E-state index contributed by atoms with van der Waals surface area (Å²) in [6, 6.07) is 5.14. The summed E-state index contributed by atoms with van der Waals surface area (Å²) in [6.45, 7) is 0. The summed E-state index contributed by atoms with van der Waals surface area (Å²) in [5.41, 5.74) is 0.0125. The largest absolute Gasteiger partial charge is 0.465 e. The number of ether oxygens (including phenoxy) is 1. The molecule has 22 heavy (non-hydrogen) atoms. The number of hydrogen-bond acceptors (Lipinski definition) is 5. The second-order valence-electron chi connectivity index (χ2n) is 4.11. The van der Waals surface area contributed by atoms with Gasteiger partial charge in [-0.3, -0.25) is 19.8 Å². The minimum atomic E-state index is -0.772. The van der Waals surface area contributed by atoms with Crippen LogP contribution in [0.5, 0.6) is 0 Å². The lowest BCUT2D eigenvalue weighted by Gasteiger charge is -2.19.